The molecule has 22 heavy (non-hydrogen) atoms. The van der Waals surface area contributed by atoms with E-state index in [1.54, 1.807) is 0 Å². The van der Waals surface area contributed by atoms with E-state index >= 15 is 0 Å². The minimum Gasteiger partial charge on any atom is -0.381 e. The standard InChI is InChI=1S/C20H38O2/c1-19(2,3)12-17-6-7-18(22-15-17)14-20(4,5)13-16-8-10-21-11-9-16/h16-18H,6-15H2,1-5H3. The second kappa shape index (κ2) is 7.66. The summed E-state index contributed by atoms with van der Waals surface area (Å²) < 4.78 is 11.7. The molecule has 0 N–H and O–H groups in total. The van der Waals surface area contributed by atoms with E-state index in [9.17, 15) is 0 Å². The zero-order chi connectivity index (χ0) is 16.2. The molecule has 0 amide bonds. The Morgan fingerprint density at radius 3 is 2.00 bits per heavy atom. The molecule has 130 valence electrons. The molecule has 2 saturated heterocycles. The van der Waals surface area contributed by atoms with Crippen LogP contribution in [0, 0.1) is 22.7 Å². The van der Waals surface area contributed by atoms with Crippen LogP contribution in [0.15, 0.2) is 0 Å². The van der Waals surface area contributed by atoms with Gasteiger partial charge >= 0.3 is 0 Å². The molecule has 0 aliphatic carbocycles. The Bertz CT molecular complexity index is 315. The van der Waals surface area contributed by atoms with Gasteiger partial charge in [-0.1, -0.05) is 34.6 Å². The summed E-state index contributed by atoms with van der Waals surface area (Å²) in [6, 6.07) is 0. The van der Waals surface area contributed by atoms with Crippen LogP contribution >= 0.6 is 0 Å². The maximum absolute atomic E-state index is 6.24. The van der Waals surface area contributed by atoms with Crippen LogP contribution in [0.4, 0.5) is 0 Å². The van der Waals surface area contributed by atoms with Gasteiger partial charge in [0.1, 0.15) is 0 Å². The highest BCUT2D eigenvalue weighted by Crippen LogP contribution is 2.38. The molecule has 2 fully saturated rings. The van der Waals surface area contributed by atoms with Gasteiger partial charge in [0, 0.05) is 19.8 Å². The lowest BCUT2D eigenvalue weighted by atomic mass is 9.74. The van der Waals surface area contributed by atoms with Gasteiger partial charge in [0.2, 0.25) is 0 Å². The highest BCUT2D eigenvalue weighted by Gasteiger charge is 2.31. The molecule has 0 aromatic heterocycles. The van der Waals surface area contributed by atoms with Crippen molar-refractivity contribution in [1.82, 2.24) is 0 Å². The predicted molar refractivity (Wildman–Crippen MR) is 93.1 cm³/mol. The average Bonchev–Trinajstić information content (AvgIpc) is 2.39. The van der Waals surface area contributed by atoms with Crippen molar-refractivity contribution < 1.29 is 9.47 Å². The van der Waals surface area contributed by atoms with Crippen LogP contribution in [-0.4, -0.2) is 25.9 Å². The van der Waals surface area contributed by atoms with E-state index in [-0.39, 0.29) is 0 Å². The number of rotatable bonds is 5. The van der Waals surface area contributed by atoms with Crippen LogP contribution in [0.2, 0.25) is 0 Å². The first-order valence-electron chi connectivity index (χ1n) is 9.43. The third kappa shape index (κ3) is 6.58. The van der Waals surface area contributed by atoms with Crippen molar-refractivity contribution in [3.8, 4) is 0 Å². The van der Waals surface area contributed by atoms with Crippen LogP contribution in [0.1, 0.15) is 79.6 Å². The lowest BCUT2D eigenvalue weighted by Gasteiger charge is -2.38. The van der Waals surface area contributed by atoms with E-state index in [2.05, 4.69) is 34.6 Å². The van der Waals surface area contributed by atoms with Gasteiger partial charge < -0.3 is 9.47 Å². The summed E-state index contributed by atoms with van der Waals surface area (Å²) in [4.78, 5) is 0. The third-order valence-corrected chi connectivity index (χ3v) is 5.33. The quantitative estimate of drug-likeness (QED) is 0.672. The Balaban J connectivity index is 1.72. The van der Waals surface area contributed by atoms with E-state index in [1.807, 2.05) is 0 Å². The fraction of sp³-hybridized carbons (Fsp3) is 1.00. The lowest BCUT2D eigenvalue weighted by Crippen LogP contribution is -2.33. The van der Waals surface area contributed by atoms with Crippen molar-refractivity contribution in [2.75, 3.05) is 19.8 Å². The van der Waals surface area contributed by atoms with Gasteiger partial charge in [-0.05, 0) is 67.6 Å². The predicted octanol–water partition coefficient (Wildman–Crippen LogP) is 5.45. The minimum absolute atomic E-state index is 0.406. The summed E-state index contributed by atoms with van der Waals surface area (Å²) in [5.41, 5.74) is 0.840. The first-order chi connectivity index (χ1) is 10.2. The Kier molecular flexibility index (Phi) is 6.36. The monoisotopic (exact) mass is 310 g/mol. The Morgan fingerprint density at radius 2 is 1.45 bits per heavy atom. The van der Waals surface area contributed by atoms with E-state index < -0.39 is 0 Å². The van der Waals surface area contributed by atoms with Gasteiger partial charge in [-0.2, -0.15) is 0 Å². The maximum Gasteiger partial charge on any atom is 0.0580 e. The maximum atomic E-state index is 6.24. The molecule has 0 radical (unpaired) electrons. The van der Waals surface area contributed by atoms with Crippen molar-refractivity contribution in [2.45, 2.75) is 85.7 Å². The molecule has 0 spiro atoms. The number of hydrogen-bond acceptors (Lipinski definition) is 2. The molecule has 0 bridgehead atoms. The van der Waals surface area contributed by atoms with Crippen LogP contribution in [0.25, 0.3) is 0 Å². The molecule has 2 aliphatic rings. The molecule has 0 saturated carbocycles. The third-order valence-electron chi connectivity index (χ3n) is 5.33. The first kappa shape index (κ1) is 18.3. The van der Waals surface area contributed by atoms with E-state index in [0.717, 1.165) is 31.7 Å². The smallest absolute Gasteiger partial charge is 0.0580 e. The van der Waals surface area contributed by atoms with Crippen molar-refractivity contribution in [3.63, 3.8) is 0 Å². The molecule has 2 atom stereocenters. The molecule has 2 unspecified atom stereocenters. The molecule has 2 aliphatic heterocycles. The Labute approximate surface area is 138 Å². The van der Waals surface area contributed by atoms with Crippen LogP contribution in [0.3, 0.4) is 0 Å². The van der Waals surface area contributed by atoms with Gasteiger partial charge in [0.05, 0.1) is 6.10 Å². The zero-order valence-electron chi connectivity index (χ0n) is 15.6. The fourth-order valence-corrected chi connectivity index (χ4v) is 4.48. The summed E-state index contributed by atoms with van der Waals surface area (Å²) in [5, 5.41) is 0. The van der Waals surface area contributed by atoms with Crippen LogP contribution in [0.5, 0.6) is 0 Å². The Hall–Kier alpha value is -0.0800. The van der Waals surface area contributed by atoms with Crippen LogP contribution in [-0.2, 0) is 9.47 Å². The molecule has 2 rings (SSSR count). The fourth-order valence-electron chi connectivity index (χ4n) is 4.48. The molecular weight excluding hydrogens is 272 g/mol. The molecule has 2 nitrogen and oxygen atoms in total. The topological polar surface area (TPSA) is 18.5 Å². The van der Waals surface area contributed by atoms with Crippen molar-refractivity contribution in [3.05, 3.63) is 0 Å². The lowest BCUT2D eigenvalue weighted by molar-refractivity contribution is -0.0492. The highest BCUT2D eigenvalue weighted by molar-refractivity contribution is 4.82. The van der Waals surface area contributed by atoms with Gasteiger partial charge in [0.25, 0.3) is 0 Å². The van der Waals surface area contributed by atoms with Gasteiger partial charge in [-0.25, -0.2) is 0 Å². The van der Waals surface area contributed by atoms with E-state index in [0.29, 0.717) is 16.9 Å². The van der Waals surface area contributed by atoms with Crippen molar-refractivity contribution >= 4 is 0 Å². The molecule has 0 aromatic carbocycles. The number of ether oxygens (including phenoxy) is 2. The van der Waals surface area contributed by atoms with E-state index in [4.69, 9.17) is 9.47 Å². The zero-order valence-corrected chi connectivity index (χ0v) is 15.6. The highest BCUT2D eigenvalue weighted by atomic mass is 16.5. The minimum atomic E-state index is 0.406. The summed E-state index contributed by atoms with van der Waals surface area (Å²) in [5.74, 6) is 1.64. The second-order valence-electron chi connectivity index (χ2n) is 9.79. The summed E-state index contributed by atoms with van der Waals surface area (Å²) in [6.45, 7) is 14.8. The van der Waals surface area contributed by atoms with Gasteiger partial charge in [-0.15, -0.1) is 0 Å². The average molecular weight is 311 g/mol. The summed E-state index contributed by atoms with van der Waals surface area (Å²) in [7, 11) is 0. The van der Waals surface area contributed by atoms with Gasteiger partial charge in [-0.3, -0.25) is 0 Å². The van der Waals surface area contributed by atoms with Gasteiger partial charge in [0.15, 0.2) is 0 Å². The Morgan fingerprint density at radius 1 is 0.773 bits per heavy atom. The summed E-state index contributed by atoms with van der Waals surface area (Å²) in [6.07, 6.45) is 9.48. The molecule has 2 heteroatoms. The largest absolute Gasteiger partial charge is 0.381 e. The second-order valence-corrected chi connectivity index (χ2v) is 9.79. The normalized spacial score (nSPS) is 28.8. The van der Waals surface area contributed by atoms with Crippen molar-refractivity contribution in [2.24, 2.45) is 22.7 Å². The van der Waals surface area contributed by atoms with Crippen molar-refractivity contribution in [1.29, 1.82) is 0 Å². The molecule has 2 heterocycles. The molecule has 0 aromatic rings. The van der Waals surface area contributed by atoms with E-state index in [1.165, 1.54) is 44.9 Å². The first-order valence-corrected chi connectivity index (χ1v) is 9.43. The summed E-state index contributed by atoms with van der Waals surface area (Å²) >= 11 is 0. The SMILES string of the molecule is CC(C)(C)CC1CCC(CC(C)(C)CC2CCOCC2)OC1. The van der Waals surface area contributed by atoms with Crippen LogP contribution < -0.4 is 0 Å². The number of hydrogen-bond donors (Lipinski definition) is 0. The molecular formula is C20H38O2.